The van der Waals surface area contributed by atoms with Gasteiger partial charge in [0.25, 0.3) is 0 Å². The Balaban J connectivity index is 1.97. The predicted molar refractivity (Wildman–Crippen MR) is 69.7 cm³/mol. The smallest absolute Gasteiger partial charge is 0.0597 e. The van der Waals surface area contributed by atoms with E-state index in [1.807, 2.05) is 0 Å². The molecule has 1 aromatic heterocycles. The highest BCUT2D eigenvalue weighted by Crippen LogP contribution is 2.20. The van der Waals surface area contributed by atoms with Gasteiger partial charge in [0.1, 0.15) is 0 Å². The first-order chi connectivity index (χ1) is 8.10. The van der Waals surface area contributed by atoms with E-state index >= 15 is 0 Å². The molecule has 4 heteroatoms. The van der Waals surface area contributed by atoms with Gasteiger partial charge in [-0.1, -0.05) is 0 Å². The summed E-state index contributed by atoms with van der Waals surface area (Å²) in [5.41, 5.74) is 8.41. The van der Waals surface area contributed by atoms with Gasteiger partial charge in [0.15, 0.2) is 0 Å². The van der Waals surface area contributed by atoms with Crippen molar-refractivity contribution < 1.29 is 0 Å². The van der Waals surface area contributed by atoms with Crippen molar-refractivity contribution >= 4 is 0 Å². The lowest BCUT2D eigenvalue weighted by Crippen LogP contribution is -2.30. The molecule has 0 aliphatic carbocycles. The monoisotopic (exact) mass is 236 g/mol. The fourth-order valence-electron chi connectivity index (χ4n) is 2.66. The molecule has 1 saturated heterocycles. The van der Waals surface area contributed by atoms with Crippen LogP contribution in [0.25, 0.3) is 0 Å². The van der Waals surface area contributed by atoms with E-state index in [1.165, 1.54) is 18.7 Å². The summed E-state index contributed by atoms with van der Waals surface area (Å²) in [6.45, 7) is 10.6. The molecule has 2 N–H and O–H groups in total. The summed E-state index contributed by atoms with van der Waals surface area (Å²) >= 11 is 0. The van der Waals surface area contributed by atoms with E-state index in [-0.39, 0.29) is 0 Å². The van der Waals surface area contributed by atoms with E-state index in [1.54, 1.807) is 0 Å². The van der Waals surface area contributed by atoms with Crippen LogP contribution in [0.4, 0.5) is 0 Å². The van der Waals surface area contributed by atoms with Crippen molar-refractivity contribution in [2.75, 3.05) is 13.1 Å². The summed E-state index contributed by atoms with van der Waals surface area (Å²) in [5.74, 6) is 0.661. The van der Waals surface area contributed by atoms with Gasteiger partial charge in [-0.3, -0.25) is 9.58 Å². The average Bonchev–Trinajstić information content (AvgIpc) is 2.86. The average molecular weight is 236 g/mol. The first-order valence-corrected chi connectivity index (χ1v) is 6.61. The van der Waals surface area contributed by atoms with E-state index in [0.29, 0.717) is 12.0 Å². The Labute approximate surface area is 104 Å². The second-order valence-corrected chi connectivity index (χ2v) is 5.24. The summed E-state index contributed by atoms with van der Waals surface area (Å²) in [4.78, 5) is 2.50. The lowest BCUT2D eigenvalue weighted by atomic mass is 10.0. The second-order valence-electron chi connectivity index (χ2n) is 5.24. The molecule has 0 bridgehead atoms. The van der Waals surface area contributed by atoms with Crippen molar-refractivity contribution in [1.29, 1.82) is 0 Å². The first kappa shape index (κ1) is 12.6. The Morgan fingerprint density at radius 3 is 2.94 bits per heavy atom. The molecule has 2 heterocycles. The summed E-state index contributed by atoms with van der Waals surface area (Å²) < 4.78 is 2.11. The lowest BCUT2D eigenvalue weighted by Gasteiger charge is -2.18. The molecule has 0 spiro atoms. The number of hydrogen-bond donors (Lipinski definition) is 1. The Morgan fingerprint density at radius 2 is 2.35 bits per heavy atom. The normalized spacial score (nSPS) is 23.2. The number of hydrogen-bond acceptors (Lipinski definition) is 3. The van der Waals surface area contributed by atoms with Crippen molar-refractivity contribution in [3.05, 3.63) is 17.5 Å². The molecule has 2 rings (SSSR count). The van der Waals surface area contributed by atoms with Crippen LogP contribution in [0.2, 0.25) is 0 Å². The van der Waals surface area contributed by atoms with E-state index in [2.05, 4.69) is 41.5 Å². The minimum absolute atomic E-state index is 0.317. The van der Waals surface area contributed by atoms with Crippen LogP contribution in [0.5, 0.6) is 0 Å². The van der Waals surface area contributed by atoms with Gasteiger partial charge in [0, 0.05) is 25.7 Å². The van der Waals surface area contributed by atoms with E-state index in [0.717, 1.165) is 25.3 Å². The van der Waals surface area contributed by atoms with E-state index in [4.69, 9.17) is 5.73 Å². The highest BCUT2D eigenvalue weighted by molar-refractivity contribution is 5.09. The van der Waals surface area contributed by atoms with Crippen molar-refractivity contribution in [1.82, 2.24) is 14.7 Å². The van der Waals surface area contributed by atoms with Crippen LogP contribution in [0.3, 0.4) is 0 Å². The minimum Gasteiger partial charge on any atom is -0.328 e. The molecule has 1 aliphatic heterocycles. The predicted octanol–water partition coefficient (Wildman–Crippen LogP) is 1.38. The summed E-state index contributed by atoms with van der Waals surface area (Å²) in [6, 6.07) is 2.51. The van der Waals surface area contributed by atoms with Crippen molar-refractivity contribution in [2.45, 2.75) is 46.3 Å². The van der Waals surface area contributed by atoms with Crippen LogP contribution in [0.1, 0.15) is 31.7 Å². The molecule has 2 atom stereocenters. The van der Waals surface area contributed by atoms with E-state index in [9.17, 15) is 0 Å². The molecule has 2 unspecified atom stereocenters. The van der Waals surface area contributed by atoms with Crippen LogP contribution >= 0.6 is 0 Å². The molecule has 0 saturated carbocycles. The zero-order valence-corrected chi connectivity index (χ0v) is 11.2. The number of aromatic nitrogens is 2. The maximum atomic E-state index is 5.97. The molecular weight excluding hydrogens is 212 g/mol. The molecule has 1 aliphatic rings. The zero-order chi connectivity index (χ0) is 12.4. The highest BCUT2D eigenvalue weighted by atomic mass is 15.3. The Kier molecular flexibility index (Phi) is 3.84. The minimum atomic E-state index is 0.317. The van der Waals surface area contributed by atoms with Gasteiger partial charge >= 0.3 is 0 Å². The van der Waals surface area contributed by atoms with Gasteiger partial charge in [0.05, 0.1) is 11.4 Å². The van der Waals surface area contributed by atoms with Gasteiger partial charge in [-0.05, 0) is 45.7 Å². The maximum Gasteiger partial charge on any atom is 0.0597 e. The van der Waals surface area contributed by atoms with Crippen LogP contribution in [-0.2, 0) is 13.1 Å². The maximum absolute atomic E-state index is 5.97. The summed E-state index contributed by atoms with van der Waals surface area (Å²) in [6.07, 6.45) is 1.23. The third-order valence-corrected chi connectivity index (χ3v) is 3.72. The molecule has 0 radical (unpaired) electrons. The van der Waals surface area contributed by atoms with Gasteiger partial charge in [0.2, 0.25) is 0 Å². The molecule has 1 aromatic rings. The van der Waals surface area contributed by atoms with Gasteiger partial charge in [-0.15, -0.1) is 0 Å². The molecule has 0 amide bonds. The van der Waals surface area contributed by atoms with Crippen molar-refractivity contribution in [3.63, 3.8) is 0 Å². The quantitative estimate of drug-likeness (QED) is 0.859. The van der Waals surface area contributed by atoms with Crippen molar-refractivity contribution in [3.8, 4) is 0 Å². The van der Waals surface area contributed by atoms with Crippen LogP contribution < -0.4 is 5.73 Å². The Hall–Kier alpha value is -0.870. The Bertz CT molecular complexity index is 369. The standard InChI is InChI=1S/C13H24N4/c1-4-17-13(7-10(2)15-17)9-16-6-5-12(8-16)11(3)14/h7,11-12H,4-6,8-9,14H2,1-3H3. The topological polar surface area (TPSA) is 47.1 Å². The van der Waals surface area contributed by atoms with E-state index < -0.39 is 0 Å². The number of rotatable bonds is 4. The largest absolute Gasteiger partial charge is 0.328 e. The van der Waals surface area contributed by atoms with Crippen molar-refractivity contribution in [2.24, 2.45) is 11.7 Å². The second kappa shape index (κ2) is 5.19. The van der Waals surface area contributed by atoms with Crippen LogP contribution in [-0.4, -0.2) is 33.8 Å². The molecule has 96 valence electrons. The highest BCUT2D eigenvalue weighted by Gasteiger charge is 2.25. The SMILES string of the molecule is CCn1nc(C)cc1CN1CCC(C(C)N)C1. The summed E-state index contributed by atoms with van der Waals surface area (Å²) in [5, 5.41) is 4.49. The molecule has 0 aromatic carbocycles. The van der Waals surface area contributed by atoms with Gasteiger partial charge in [-0.2, -0.15) is 5.10 Å². The molecular formula is C13H24N4. The number of likely N-dealkylation sites (tertiary alicyclic amines) is 1. The molecule has 1 fully saturated rings. The zero-order valence-electron chi connectivity index (χ0n) is 11.2. The number of nitrogens with zero attached hydrogens (tertiary/aromatic N) is 3. The van der Waals surface area contributed by atoms with Crippen LogP contribution in [0, 0.1) is 12.8 Å². The van der Waals surface area contributed by atoms with Gasteiger partial charge < -0.3 is 5.73 Å². The number of aryl methyl sites for hydroxylation is 2. The molecule has 4 nitrogen and oxygen atoms in total. The fourth-order valence-corrected chi connectivity index (χ4v) is 2.66. The lowest BCUT2D eigenvalue weighted by molar-refractivity contribution is 0.298. The molecule has 17 heavy (non-hydrogen) atoms. The number of nitrogens with two attached hydrogens (primary N) is 1. The van der Waals surface area contributed by atoms with Gasteiger partial charge in [-0.25, -0.2) is 0 Å². The third kappa shape index (κ3) is 2.87. The first-order valence-electron chi connectivity index (χ1n) is 6.61. The fraction of sp³-hybridized carbons (Fsp3) is 0.769. The summed E-state index contributed by atoms with van der Waals surface area (Å²) in [7, 11) is 0. The van der Waals surface area contributed by atoms with Crippen LogP contribution in [0.15, 0.2) is 6.07 Å². The Morgan fingerprint density at radius 1 is 1.59 bits per heavy atom. The third-order valence-electron chi connectivity index (χ3n) is 3.72.